The molecule has 2 heterocycles. The summed E-state index contributed by atoms with van der Waals surface area (Å²) in [4.78, 5) is 22.9. The van der Waals surface area contributed by atoms with Crippen LogP contribution in [-0.4, -0.2) is 24.1 Å². The molecule has 1 unspecified atom stereocenters. The Morgan fingerprint density at radius 3 is 1.69 bits per heavy atom. The summed E-state index contributed by atoms with van der Waals surface area (Å²) in [7, 11) is 0. The van der Waals surface area contributed by atoms with E-state index in [4.69, 9.17) is 9.47 Å². The first-order chi connectivity index (χ1) is 6.04. The molecule has 2 fully saturated rings. The van der Waals surface area contributed by atoms with Crippen LogP contribution in [0.5, 0.6) is 0 Å². The molecule has 2 rings (SSSR count). The summed E-state index contributed by atoms with van der Waals surface area (Å²) >= 11 is 0. The van der Waals surface area contributed by atoms with Crippen LogP contribution in [0.25, 0.3) is 0 Å². The highest BCUT2D eigenvalue weighted by atomic mass is 16.6. The lowest BCUT2D eigenvalue weighted by Crippen LogP contribution is -2.31. The number of hydrogen-bond acceptors (Lipinski definition) is 4. The van der Waals surface area contributed by atoms with Crippen LogP contribution in [-0.2, 0) is 19.1 Å². The SMILES string of the molecule is C[C@@H]1CC2(C[C@H](C)OC2=O)C(=O)O1. The third kappa shape index (κ3) is 1.04. The van der Waals surface area contributed by atoms with Crippen LogP contribution in [0.2, 0.25) is 0 Å². The zero-order chi connectivity index (χ0) is 9.64. The van der Waals surface area contributed by atoms with Crippen LogP contribution in [0.3, 0.4) is 0 Å². The van der Waals surface area contributed by atoms with Gasteiger partial charge in [0.15, 0.2) is 5.41 Å². The third-order valence-corrected chi connectivity index (χ3v) is 2.67. The van der Waals surface area contributed by atoms with Crippen molar-refractivity contribution in [1.82, 2.24) is 0 Å². The third-order valence-electron chi connectivity index (χ3n) is 2.67. The molecule has 4 nitrogen and oxygen atoms in total. The van der Waals surface area contributed by atoms with Gasteiger partial charge in [0.2, 0.25) is 0 Å². The molecule has 2 saturated heterocycles. The Hall–Kier alpha value is -1.06. The highest BCUT2D eigenvalue weighted by molar-refractivity contribution is 6.02. The molecule has 1 spiro atoms. The molecule has 0 bridgehead atoms. The van der Waals surface area contributed by atoms with E-state index in [1.807, 2.05) is 0 Å². The van der Waals surface area contributed by atoms with Crippen LogP contribution in [0.15, 0.2) is 0 Å². The monoisotopic (exact) mass is 184 g/mol. The zero-order valence-electron chi connectivity index (χ0n) is 7.70. The summed E-state index contributed by atoms with van der Waals surface area (Å²) in [6.07, 6.45) is 0.611. The molecule has 0 aromatic carbocycles. The first-order valence-corrected chi connectivity index (χ1v) is 4.47. The quantitative estimate of drug-likeness (QED) is 0.409. The Kier molecular flexibility index (Phi) is 1.62. The molecular weight excluding hydrogens is 172 g/mol. The normalized spacial score (nSPS) is 43.8. The minimum absolute atomic E-state index is 0.162. The highest BCUT2D eigenvalue weighted by Crippen LogP contribution is 2.44. The maximum Gasteiger partial charge on any atom is 0.324 e. The summed E-state index contributed by atoms with van der Waals surface area (Å²) < 4.78 is 9.96. The molecule has 0 saturated carbocycles. The number of hydrogen-bond donors (Lipinski definition) is 0. The van der Waals surface area contributed by atoms with Crippen molar-refractivity contribution >= 4 is 11.9 Å². The molecule has 13 heavy (non-hydrogen) atoms. The van der Waals surface area contributed by atoms with Crippen LogP contribution in [0.1, 0.15) is 26.7 Å². The number of cyclic esters (lactones) is 2. The van der Waals surface area contributed by atoms with Gasteiger partial charge in [-0.25, -0.2) is 0 Å². The molecule has 72 valence electrons. The Balaban J connectivity index is 2.30. The van der Waals surface area contributed by atoms with E-state index in [0.29, 0.717) is 12.8 Å². The first-order valence-electron chi connectivity index (χ1n) is 4.47. The van der Waals surface area contributed by atoms with Gasteiger partial charge in [-0.15, -0.1) is 0 Å². The summed E-state index contributed by atoms with van der Waals surface area (Å²) in [5.41, 5.74) is -0.973. The van der Waals surface area contributed by atoms with E-state index in [0.717, 1.165) is 0 Å². The van der Waals surface area contributed by atoms with Gasteiger partial charge in [0.25, 0.3) is 0 Å². The van der Waals surface area contributed by atoms with Gasteiger partial charge >= 0.3 is 11.9 Å². The maximum atomic E-state index is 11.4. The zero-order valence-corrected chi connectivity index (χ0v) is 7.70. The lowest BCUT2D eigenvalue weighted by molar-refractivity contribution is -0.158. The number of rotatable bonds is 0. The van der Waals surface area contributed by atoms with Crippen molar-refractivity contribution in [3.8, 4) is 0 Å². The summed E-state index contributed by atoms with van der Waals surface area (Å²) in [6, 6.07) is 0. The van der Waals surface area contributed by atoms with E-state index in [9.17, 15) is 9.59 Å². The second-order valence-corrected chi connectivity index (χ2v) is 3.92. The fraction of sp³-hybridized carbons (Fsp3) is 0.778. The molecule has 0 radical (unpaired) electrons. The standard InChI is InChI=1S/C9H12O4/c1-5-3-9(7(10)12-5)4-6(2)13-8(9)11/h5-6H,3-4H2,1-2H3/t5-,6+,9?. The van der Waals surface area contributed by atoms with E-state index in [1.165, 1.54) is 0 Å². The molecular formula is C9H12O4. The molecule has 0 aromatic rings. The van der Waals surface area contributed by atoms with Crippen molar-refractivity contribution in [2.75, 3.05) is 0 Å². The van der Waals surface area contributed by atoms with Crippen molar-refractivity contribution in [3.63, 3.8) is 0 Å². The Labute approximate surface area is 76.2 Å². The second kappa shape index (κ2) is 2.47. The molecule has 2 aliphatic heterocycles. The smallest absolute Gasteiger partial charge is 0.324 e. The topological polar surface area (TPSA) is 52.6 Å². The first kappa shape index (κ1) is 8.53. The fourth-order valence-corrected chi connectivity index (χ4v) is 2.16. The van der Waals surface area contributed by atoms with Crippen molar-refractivity contribution in [3.05, 3.63) is 0 Å². The van der Waals surface area contributed by atoms with Gasteiger partial charge < -0.3 is 9.47 Å². The summed E-state index contributed by atoms with van der Waals surface area (Å²) in [6.45, 7) is 3.59. The van der Waals surface area contributed by atoms with Crippen LogP contribution in [0.4, 0.5) is 0 Å². The van der Waals surface area contributed by atoms with Gasteiger partial charge in [-0.1, -0.05) is 0 Å². The van der Waals surface area contributed by atoms with Crippen molar-refractivity contribution < 1.29 is 19.1 Å². The summed E-state index contributed by atoms with van der Waals surface area (Å²) in [5, 5.41) is 0. The van der Waals surface area contributed by atoms with Gasteiger partial charge in [-0.2, -0.15) is 0 Å². The van der Waals surface area contributed by atoms with Crippen molar-refractivity contribution in [2.24, 2.45) is 5.41 Å². The molecule has 0 aliphatic carbocycles. The lowest BCUT2D eigenvalue weighted by atomic mass is 9.82. The van der Waals surface area contributed by atoms with E-state index < -0.39 is 17.4 Å². The average molecular weight is 184 g/mol. The van der Waals surface area contributed by atoms with Gasteiger partial charge in [0.05, 0.1) is 0 Å². The number of ether oxygens (including phenoxy) is 2. The van der Waals surface area contributed by atoms with E-state index >= 15 is 0 Å². The van der Waals surface area contributed by atoms with Crippen LogP contribution in [0, 0.1) is 5.41 Å². The predicted octanol–water partition coefficient (Wildman–Crippen LogP) is 0.644. The van der Waals surface area contributed by atoms with Gasteiger partial charge in [-0.3, -0.25) is 9.59 Å². The molecule has 0 amide bonds. The minimum atomic E-state index is -0.973. The fourth-order valence-electron chi connectivity index (χ4n) is 2.16. The summed E-state index contributed by atoms with van der Waals surface area (Å²) in [5.74, 6) is -0.816. The molecule has 3 atom stereocenters. The van der Waals surface area contributed by atoms with Crippen LogP contribution >= 0.6 is 0 Å². The largest absolute Gasteiger partial charge is 0.462 e. The Morgan fingerprint density at radius 2 is 1.46 bits per heavy atom. The molecule has 2 aliphatic rings. The number of esters is 2. The van der Waals surface area contributed by atoms with Gasteiger partial charge in [-0.05, 0) is 13.8 Å². The van der Waals surface area contributed by atoms with Crippen molar-refractivity contribution in [1.29, 1.82) is 0 Å². The van der Waals surface area contributed by atoms with Gasteiger partial charge in [0.1, 0.15) is 12.2 Å². The second-order valence-electron chi connectivity index (χ2n) is 3.92. The van der Waals surface area contributed by atoms with E-state index in [2.05, 4.69) is 0 Å². The molecule has 0 aromatic heterocycles. The highest BCUT2D eigenvalue weighted by Gasteiger charge is 2.59. The van der Waals surface area contributed by atoms with E-state index in [-0.39, 0.29) is 12.2 Å². The average Bonchev–Trinajstić information content (AvgIpc) is 2.40. The number of carbonyl (C=O) groups is 2. The number of carbonyl (C=O) groups excluding carboxylic acids is 2. The minimum Gasteiger partial charge on any atom is -0.462 e. The maximum absolute atomic E-state index is 11.4. The van der Waals surface area contributed by atoms with Crippen molar-refractivity contribution in [2.45, 2.75) is 38.9 Å². The lowest BCUT2D eigenvalue weighted by Gasteiger charge is -2.10. The van der Waals surface area contributed by atoms with Crippen LogP contribution < -0.4 is 0 Å². The van der Waals surface area contributed by atoms with Gasteiger partial charge in [0, 0.05) is 12.8 Å². The predicted molar refractivity (Wildman–Crippen MR) is 42.8 cm³/mol. The molecule has 0 N–H and O–H groups in total. The Morgan fingerprint density at radius 1 is 1.08 bits per heavy atom. The Bertz CT molecular complexity index is 243. The van der Waals surface area contributed by atoms with E-state index in [1.54, 1.807) is 13.8 Å². The molecule has 4 heteroatoms.